The molecule has 0 fully saturated rings. The molecule has 0 aliphatic rings. The minimum atomic E-state index is -0.791. The standard InChI is InChI=1S/C13H19NO3S/c1-13(2,10-6-5-9-18-10)12(17)14-8-4-3-7-11(15)16/h5-6,9H,3-4,7-8H2,1-2H3,(H,14,17)(H,15,16). The number of thiophene rings is 1. The molecular weight excluding hydrogens is 250 g/mol. The van der Waals surface area contributed by atoms with Crippen molar-refractivity contribution >= 4 is 23.2 Å². The molecule has 1 heterocycles. The number of nitrogens with one attached hydrogen (secondary N) is 1. The third kappa shape index (κ3) is 4.14. The van der Waals surface area contributed by atoms with Gasteiger partial charge in [-0.1, -0.05) is 6.07 Å². The molecular formula is C13H19NO3S. The summed E-state index contributed by atoms with van der Waals surface area (Å²) in [6, 6.07) is 3.89. The van der Waals surface area contributed by atoms with E-state index in [9.17, 15) is 9.59 Å². The molecule has 0 saturated carbocycles. The van der Waals surface area contributed by atoms with E-state index >= 15 is 0 Å². The maximum atomic E-state index is 12.0. The third-order valence-corrected chi connectivity index (χ3v) is 4.00. The second-order valence-electron chi connectivity index (χ2n) is 4.71. The van der Waals surface area contributed by atoms with E-state index in [1.165, 1.54) is 0 Å². The molecule has 4 nitrogen and oxygen atoms in total. The molecule has 0 aromatic carbocycles. The van der Waals surface area contributed by atoms with Crippen molar-refractivity contribution in [1.29, 1.82) is 0 Å². The molecule has 1 amide bonds. The van der Waals surface area contributed by atoms with Gasteiger partial charge in [-0.05, 0) is 38.1 Å². The van der Waals surface area contributed by atoms with Crippen LogP contribution in [0, 0.1) is 0 Å². The number of hydrogen-bond donors (Lipinski definition) is 2. The molecule has 0 unspecified atom stereocenters. The monoisotopic (exact) mass is 269 g/mol. The summed E-state index contributed by atoms with van der Waals surface area (Å²) in [5, 5.41) is 13.3. The van der Waals surface area contributed by atoms with E-state index in [4.69, 9.17) is 5.11 Å². The second-order valence-corrected chi connectivity index (χ2v) is 5.66. The summed E-state index contributed by atoms with van der Waals surface area (Å²) >= 11 is 1.57. The fourth-order valence-electron chi connectivity index (χ4n) is 1.57. The van der Waals surface area contributed by atoms with Crippen molar-refractivity contribution in [2.24, 2.45) is 0 Å². The minimum Gasteiger partial charge on any atom is -0.481 e. The third-order valence-electron chi connectivity index (χ3n) is 2.81. The molecule has 0 saturated heterocycles. The van der Waals surface area contributed by atoms with Crippen molar-refractivity contribution in [3.63, 3.8) is 0 Å². The quantitative estimate of drug-likeness (QED) is 0.747. The highest BCUT2D eigenvalue weighted by molar-refractivity contribution is 7.10. The van der Waals surface area contributed by atoms with Gasteiger partial charge in [0.1, 0.15) is 0 Å². The Morgan fingerprint density at radius 2 is 2.11 bits per heavy atom. The lowest BCUT2D eigenvalue weighted by molar-refractivity contribution is -0.137. The minimum absolute atomic E-state index is 0.0136. The molecule has 0 atom stereocenters. The van der Waals surface area contributed by atoms with Crippen molar-refractivity contribution in [2.75, 3.05) is 6.54 Å². The van der Waals surface area contributed by atoms with Crippen LogP contribution < -0.4 is 5.32 Å². The molecule has 0 spiro atoms. The zero-order valence-corrected chi connectivity index (χ0v) is 11.5. The van der Waals surface area contributed by atoms with Crippen LogP contribution in [0.15, 0.2) is 17.5 Å². The first-order valence-electron chi connectivity index (χ1n) is 5.98. The van der Waals surface area contributed by atoms with Crippen LogP contribution in [-0.4, -0.2) is 23.5 Å². The number of aliphatic carboxylic acids is 1. The summed E-state index contributed by atoms with van der Waals surface area (Å²) in [6.45, 7) is 4.32. The number of carboxylic acid groups (broad SMARTS) is 1. The van der Waals surface area contributed by atoms with Crippen LogP contribution in [0.2, 0.25) is 0 Å². The van der Waals surface area contributed by atoms with Crippen molar-refractivity contribution < 1.29 is 14.7 Å². The normalized spacial score (nSPS) is 11.2. The van der Waals surface area contributed by atoms with E-state index in [2.05, 4.69) is 5.32 Å². The average molecular weight is 269 g/mol. The Labute approximate surface area is 111 Å². The number of unbranched alkanes of at least 4 members (excludes halogenated alkanes) is 1. The Hall–Kier alpha value is -1.36. The van der Waals surface area contributed by atoms with Gasteiger partial charge in [0.2, 0.25) is 5.91 Å². The smallest absolute Gasteiger partial charge is 0.303 e. The maximum absolute atomic E-state index is 12.0. The Kier molecular flexibility index (Phi) is 5.34. The summed E-state index contributed by atoms with van der Waals surface area (Å²) in [7, 11) is 0. The highest BCUT2D eigenvalue weighted by Crippen LogP contribution is 2.27. The Bertz CT molecular complexity index is 398. The molecule has 5 heteroatoms. The molecule has 0 bridgehead atoms. The summed E-state index contributed by atoms with van der Waals surface area (Å²) in [5.41, 5.74) is -0.527. The lowest BCUT2D eigenvalue weighted by Crippen LogP contribution is -2.39. The number of carboxylic acids is 1. The summed E-state index contributed by atoms with van der Waals surface area (Å²) in [5.74, 6) is -0.805. The van der Waals surface area contributed by atoms with Crippen LogP contribution in [0.5, 0.6) is 0 Å². The van der Waals surface area contributed by atoms with Gasteiger partial charge in [0, 0.05) is 17.8 Å². The van der Waals surface area contributed by atoms with Gasteiger partial charge in [-0.3, -0.25) is 9.59 Å². The van der Waals surface area contributed by atoms with Crippen molar-refractivity contribution in [3.05, 3.63) is 22.4 Å². The highest BCUT2D eigenvalue weighted by atomic mass is 32.1. The highest BCUT2D eigenvalue weighted by Gasteiger charge is 2.30. The van der Waals surface area contributed by atoms with E-state index < -0.39 is 11.4 Å². The zero-order chi connectivity index (χ0) is 13.6. The van der Waals surface area contributed by atoms with Crippen LogP contribution in [0.4, 0.5) is 0 Å². The largest absolute Gasteiger partial charge is 0.481 e. The van der Waals surface area contributed by atoms with Gasteiger partial charge in [0.05, 0.1) is 5.41 Å². The van der Waals surface area contributed by atoms with Crippen molar-refractivity contribution in [2.45, 2.75) is 38.5 Å². The van der Waals surface area contributed by atoms with Crippen LogP contribution in [0.1, 0.15) is 38.0 Å². The summed E-state index contributed by atoms with van der Waals surface area (Å²) in [6.07, 6.45) is 1.44. The van der Waals surface area contributed by atoms with Crippen LogP contribution in [0.3, 0.4) is 0 Å². The Morgan fingerprint density at radius 3 is 2.67 bits per heavy atom. The predicted molar refractivity (Wildman–Crippen MR) is 71.8 cm³/mol. The van der Waals surface area contributed by atoms with Crippen LogP contribution in [0.25, 0.3) is 0 Å². The van der Waals surface area contributed by atoms with Gasteiger partial charge < -0.3 is 10.4 Å². The van der Waals surface area contributed by atoms with E-state index in [-0.39, 0.29) is 12.3 Å². The topological polar surface area (TPSA) is 66.4 Å². The first-order valence-corrected chi connectivity index (χ1v) is 6.86. The van der Waals surface area contributed by atoms with Gasteiger partial charge in [-0.2, -0.15) is 0 Å². The predicted octanol–water partition coefficient (Wildman–Crippen LogP) is 2.40. The van der Waals surface area contributed by atoms with Gasteiger partial charge in [0.25, 0.3) is 0 Å². The number of carbonyl (C=O) groups excluding carboxylic acids is 1. The number of rotatable bonds is 7. The molecule has 1 rings (SSSR count). The summed E-state index contributed by atoms with van der Waals surface area (Å²) in [4.78, 5) is 23.4. The van der Waals surface area contributed by atoms with Gasteiger partial charge in [0.15, 0.2) is 0 Å². The van der Waals surface area contributed by atoms with Gasteiger partial charge >= 0.3 is 5.97 Å². The Morgan fingerprint density at radius 1 is 1.39 bits per heavy atom. The maximum Gasteiger partial charge on any atom is 0.303 e. The summed E-state index contributed by atoms with van der Waals surface area (Å²) < 4.78 is 0. The molecule has 100 valence electrons. The van der Waals surface area contributed by atoms with Crippen molar-refractivity contribution in [3.8, 4) is 0 Å². The number of hydrogen-bond acceptors (Lipinski definition) is 3. The molecule has 1 aromatic rings. The molecule has 2 N–H and O–H groups in total. The second kappa shape index (κ2) is 6.54. The van der Waals surface area contributed by atoms with E-state index in [0.717, 1.165) is 4.88 Å². The van der Waals surface area contributed by atoms with Crippen LogP contribution in [-0.2, 0) is 15.0 Å². The van der Waals surface area contributed by atoms with E-state index in [1.54, 1.807) is 11.3 Å². The molecule has 18 heavy (non-hydrogen) atoms. The fraction of sp³-hybridized carbons (Fsp3) is 0.538. The molecule has 1 aromatic heterocycles. The van der Waals surface area contributed by atoms with E-state index in [1.807, 2.05) is 31.4 Å². The SMILES string of the molecule is CC(C)(C(=O)NCCCCC(=O)O)c1cccs1. The molecule has 0 aliphatic heterocycles. The Balaban J connectivity index is 2.34. The number of carbonyl (C=O) groups is 2. The van der Waals surface area contributed by atoms with E-state index in [0.29, 0.717) is 19.4 Å². The van der Waals surface area contributed by atoms with Gasteiger partial charge in [-0.15, -0.1) is 11.3 Å². The fourth-order valence-corrected chi connectivity index (χ4v) is 2.42. The molecule has 0 radical (unpaired) electrons. The number of amides is 1. The lowest BCUT2D eigenvalue weighted by Gasteiger charge is -2.22. The first kappa shape index (κ1) is 14.7. The first-order chi connectivity index (χ1) is 8.44. The van der Waals surface area contributed by atoms with Gasteiger partial charge in [-0.25, -0.2) is 0 Å². The van der Waals surface area contributed by atoms with Crippen molar-refractivity contribution in [1.82, 2.24) is 5.32 Å². The molecule has 0 aliphatic carbocycles. The average Bonchev–Trinajstić information content (AvgIpc) is 2.81. The lowest BCUT2D eigenvalue weighted by atomic mass is 9.90. The zero-order valence-electron chi connectivity index (χ0n) is 10.7. The van der Waals surface area contributed by atoms with Crippen LogP contribution >= 0.6 is 11.3 Å².